The molecule has 0 unspecified atom stereocenters. The summed E-state index contributed by atoms with van der Waals surface area (Å²) in [5.74, 6) is 0. The third-order valence-corrected chi connectivity index (χ3v) is 1.28. The van der Waals surface area contributed by atoms with Gasteiger partial charge in [-0.2, -0.15) is 0 Å². The lowest BCUT2D eigenvalue weighted by Gasteiger charge is -1.97. The minimum Gasteiger partial charge on any atom is -0.399 e. The van der Waals surface area contributed by atoms with Crippen LogP contribution < -0.4 is 11.2 Å². The Morgan fingerprint density at radius 1 is 1.44 bits per heavy atom. The predicted molar refractivity (Wildman–Crippen MR) is 41.3 cm³/mol. The van der Waals surface area contributed by atoms with Gasteiger partial charge in [-0.15, -0.1) is 0 Å². The first-order valence-electron chi connectivity index (χ1n) is 2.50. The normalized spacial score (nSPS) is 9.44. The molecule has 0 aliphatic heterocycles. The molecule has 0 amide bonds. The van der Waals surface area contributed by atoms with Crippen molar-refractivity contribution in [3.8, 4) is 0 Å². The van der Waals surface area contributed by atoms with Crippen LogP contribution in [-0.4, -0.2) is 7.85 Å². The third-order valence-electron chi connectivity index (χ3n) is 1.05. The summed E-state index contributed by atoms with van der Waals surface area (Å²) in [6.45, 7) is 0. The molecule has 0 saturated carbocycles. The SMILES string of the molecule is [B]c1ccc(Cl)cc1N. The van der Waals surface area contributed by atoms with Gasteiger partial charge in [0.2, 0.25) is 0 Å². The molecule has 0 aliphatic rings. The number of hydrogen-bond donors (Lipinski definition) is 1. The fourth-order valence-electron chi connectivity index (χ4n) is 0.546. The van der Waals surface area contributed by atoms with Gasteiger partial charge in [-0.25, -0.2) is 0 Å². The lowest BCUT2D eigenvalue weighted by atomic mass is 9.95. The molecule has 44 valence electrons. The average molecular weight is 137 g/mol. The second-order valence-corrected chi connectivity index (χ2v) is 2.21. The minimum absolute atomic E-state index is 0.530. The highest BCUT2D eigenvalue weighted by molar-refractivity contribution is 6.37. The summed E-state index contributed by atoms with van der Waals surface area (Å²) in [6.07, 6.45) is 0. The van der Waals surface area contributed by atoms with Crippen LogP contribution in [0.2, 0.25) is 5.02 Å². The van der Waals surface area contributed by atoms with Crippen molar-refractivity contribution in [2.75, 3.05) is 5.73 Å². The molecule has 2 N–H and O–H groups in total. The molecule has 0 aliphatic carbocycles. The molecule has 0 aromatic heterocycles. The van der Waals surface area contributed by atoms with Gasteiger partial charge in [0.1, 0.15) is 7.85 Å². The van der Waals surface area contributed by atoms with E-state index < -0.39 is 0 Å². The van der Waals surface area contributed by atoms with E-state index in [1.165, 1.54) is 0 Å². The van der Waals surface area contributed by atoms with Crippen LogP contribution in [0.25, 0.3) is 0 Å². The number of halogens is 1. The van der Waals surface area contributed by atoms with Crippen molar-refractivity contribution in [1.82, 2.24) is 0 Å². The maximum absolute atomic E-state index is 5.58. The number of hydrogen-bond acceptors (Lipinski definition) is 1. The number of rotatable bonds is 0. The van der Waals surface area contributed by atoms with Crippen molar-refractivity contribution in [2.24, 2.45) is 0 Å². The van der Waals surface area contributed by atoms with Crippen LogP contribution in [0.4, 0.5) is 5.69 Å². The molecule has 0 atom stereocenters. The van der Waals surface area contributed by atoms with E-state index in [2.05, 4.69) is 0 Å². The monoisotopic (exact) mass is 137 g/mol. The van der Waals surface area contributed by atoms with Crippen molar-refractivity contribution >= 4 is 30.6 Å². The topological polar surface area (TPSA) is 26.0 Å². The van der Waals surface area contributed by atoms with Crippen molar-refractivity contribution in [3.05, 3.63) is 23.2 Å². The van der Waals surface area contributed by atoms with E-state index >= 15 is 0 Å². The van der Waals surface area contributed by atoms with Crippen molar-refractivity contribution in [3.63, 3.8) is 0 Å². The van der Waals surface area contributed by atoms with Crippen molar-refractivity contribution < 1.29 is 0 Å². The maximum Gasteiger partial charge on any atom is 0.116 e. The zero-order chi connectivity index (χ0) is 6.85. The first-order valence-corrected chi connectivity index (χ1v) is 2.88. The number of nitrogen functional groups attached to an aromatic ring is 1. The van der Waals surface area contributed by atoms with Crippen LogP contribution in [-0.2, 0) is 0 Å². The highest BCUT2D eigenvalue weighted by Crippen LogP contribution is 2.08. The Kier molecular flexibility index (Phi) is 1.67. The van der Waals surface area contributed by atoms with Gasteiger partial charge in [-0.3, -0.25) is 0 Å². The summed E-state index contributed by atoms with van der Waals surface area (Å²) >= 11 is 5.58. The molecule has 3 heteroatoms. The van der Waals surface area contributed by atoms with Gasteiger partial charge in [-0.05, 0) is 12.1 Å². The van der Waals surface area contributed by atoms with Gasteiger partial charge in [0.05, 0.1) is 0 Å². The molecular formula is C6H5BClN. The minimum atomic E-state index is 0.530. The fraction of sp³-hybridized carbons (Fsp3) is 0. The molecule has 0 spiro atoms. The van der Waals surface area contributed by atoms with E-state index in [1.54, 1.807) is 18.2 Å². The second kappa shape index (κ2) is 2.32. The van der Waals surface area contributed by atoms with E-state index in [-0.39, 0.29) is 0 Å². The fourth-order valence-corrected chi connectivity index (χ4v) is 0.726. The maximum atomic E-state index is 5.58. The Morgan fingerprint density at radius 2 is 2.11 bits per heavy atom. The van der Waals surface area contributed by atoms with Gasteiger partial charge < -0.3 is 5.73 Å². The molecule has 1 aromatic rings. The van der Waals surface area contributed by atoms with Gasteiger partial charge >= 0.3 is 0 Å². The van der Waals surface area contributed by atoms with E-state index in [9.17, 15) is 0 Å². The molecule has 0 saturated heterocycles. The molecule has 2 radical (unpaired) electrons. The highest BCUT2D eigenvalue weighted by Gasteiger charge is 1.90. The zero-order valence-corrected chi connectivity index (χ0v) is 5.52. The Bertz CT molecular complexity index is 224. The first kappa shape index (κ1) is 6.49. The molecule has 0 fully saturated rings. The second-order valence-electron chi connectivity index (χ2n) is 1.77. The molecule has 1 nitrogen and oxygen atoms in total. The summed E-state index contributed by atoms with van der Waals surface area (Å²) in [5, 5.41) is 0.613. The number of anilines is 1. The van der Waals surface area contributed by atoms with Gasteiger partial charge in [0.15, 0.2) is 0 Å². The Morgan fingerprint density at radius 3 is 2.56 bits per heavy atom. The molecule has 0 bridgehead atoms. The summed E-state index contributed by atoms with van der Waals surface area (Å²) in [4.78, 5) is 0. The van der Waals surface area contributed by atoms with E-state index in [0.717, 1.165) is 0 Å². The van der Waals surface area contributed by atoms with Crippen LogP contribution in [0.15, 0.2) is 18.2 Å². The van der Waals surface area contributed by atoms with E-state index in [4.69, 9.17) is 25.2 Å². The van der Waals surface area contributed by atoms with Crippen LogP contribution in [0.5, 0.6) is 0 Å². The summed E-state index contributed by atoms with van der Waals surface area (Å²) in [5.41, 5.74) is 6.51. The lowest BCUT2D eigenvalue weighted by molar-refractivity contribution is 1.74. The van der Waals surface area contributed by atoms with Gasteiger partial charge in [0.25, 0.3) is 0 Å². The average Bonchev–Trinajstić information content (AvgIpc) is 1.80. The van der Waals surface area contributed by atoms with E-state index in [1.807, 2.05) is 0 Å². The summed E-state index contributed by atoms with van der Waals surface area (Å²) < 4.78 is 0. The van der Waals surface area contributed by atoms with Crippen LogP contribution in [0, 0.1) is 0 Å². The highest BCUT2D eigenvalue weighted by atomic mass is 35.5. The molecule has 9 heavy (non-hydrogen) atoms. The molecule has 1 rings (SSSR count). The van der Waals surface area contributed by atoms with Crippen molar-refractivity contribution in [1.29, 1.82) is 0 Å². The largest absolute Gasteiger partial charge is 0.399 e. The molecule has 0 heterocycles. The number of nitrogens with two attached hydrogens (primary N) is 1. The zero-order valence-electron chi connectivity index (χ0n) is 4.76. The van der Waals surface area contributed by atoms with E-state index in [0.29, 0.717) is 16.2 Å². The Balaban J connectivity index is 3.17. The van der Waals surface area contributed by atoms with Crippen LogP contribution >= 0.6 is 11.6 Å². The lowest BCUT2D eigenvalue weighted by Crippen LogP contribution is -2.08. The summed E-state index contributed by atoms with van der Waals surface area (Å²) in [7, 11) is 5.41. The quantitative estimate of drug-likeness (QED) is 0.414. The smallest absolute Gasteiger partial charge is 0.116 e. The standard InChI is InChI=1S/C6H5BClN/c7-5-2-1-4(8)3-6(5)9/h1-3H,9H2. The van der Waals surface area contributed by atoms with Crippen LogP contribution in [0.3, 0.4) is 0 Å². The molecule has 1 aromatic carbocycles. The molecular weight excluding hydrogens is 132 g/mol. The Labute approximate surface area is 60.2 Å². The third kappa shape index (κ3) is 1.39. The first-order chi connectivity index (χ1) is 4.20. The number of benzene rings is 1. The van der Waals surface area contributed by atoms with Crippen molar-refractivity contribution in [2.45, 2.75) is 0 Å². The Hall–Kier alpha value is -0.625. The summed E-state index contributed by atoms with van der Waals surface area (Å²) in [6, 6.07) is 5.00. The van der Waals surface area contributed by atoms with Crippen LogP contribution in [0.1, 0.15) is 0 Å². The predicted octanol–water partition coefficient (Wildman–Crippen LogP) is 0.716. The van der Waals surface area contributed by atoms with Gasteiger partial charge in [-0.1, -0.05) is 23.1 Å². The van der Waals surface area contributed by atoms with Gasteiger partial charge in [0, 0.05) is 10.7 Å².